The predicted octanol–water partition coefficient (Wildman–Crippen LogP) is 1.63. The molecular weight excluding hydrogens is 258 g/mol. The van der Waals surface area contributed by atoms with E-state index in [2.05, 4.69) is 0 Å². The van der Waals surface area contributed by atoms with Crippen LogP contribution in [0.5, 0.6) is 0 Å². The molecule has 1 aliphatic carbocycles. The fourth-order valence-corrected chi connectivity index (χ4v) is 3.34. The third-order valence-corrected chi connectivity index (χ3v) is 4.63. The summed E-state index contributed by atoms with van der Waals surface area (Å²) in [5, 5.41) is 0. The highest BCUT2D eigenvalue weighted by atomic mass is 16.5. The van der Waals surface area contributed by atoms with E-state index < -0.39 is 5.54 Å². The zero-order valence-corrected chi connectivity index (χ0v) is 12.4. The van der Waals surface area contributed by atoms with Crippen LogP contribution < -0.4 is 5.73 Å². The topological polar surface area (TPSA) is 70.8 Å². The molecule has 2 fully saturated rings. The van der Waals surface area contributed by atoms with Crippen LogP contribution in [0.3, 0.4) is 0 Å². The molecule has 20 heavy (non-hydrogen) atoms. The van der Waals surface area contributed by atoms with Crippen LogP contribution in [-0.2, 0) is 19.0 Å². The summed E-state index contributed by atoms with van der Waals surface area (Å²) in [7, 11) is 1.41. The van der Waals surface area contributed by atoms with Crippen molar-refractivity contribution in [2.45, 2.75) is 56.6 Å². The highest BCUT2D eigenvalue weighted by Crippen LogP contribution is 2.36. The minimum absolute atomic E-state index is 0.169. The molecule has 5 nitrogen and oxygen atoms in total. The van der Waals surface area contributed by atoms with E-state index in [0.717, 1.165) is 45.1 Å². The number of hydrogen-bond acceptors (Lipinski definition) is 5. The lowest BCUT2D eigenvalue weighted by molar-refractivity contribution is -0.148. The smallest absolute Gasteiger partial charge is 0.326 e. The average Bonchev–Trinajstić information content (AvgIpc) is 2.86. The number of ether oxygens (including phenoxy) is 3. The largest absolute Gasteiger partial charge is 0.468 e. The van der Waals surface area contributed by atoms with Crippen LogP contribution in [0.25, 0.3) is 0 Å². The highest BCUT2D eigenvalue weighted by molar-refractivity contribution is 5.81. The van der Waals surface area contributed by atoms with Crippen molar-refractivity contribution in [3.8, 4) is 0 Å². The van der Waals surface area contributed by atoms with Crippen LogP contribution in [0.1, 0.15) is 44.9 Å². The van der Waals surface area contributed by atoms with E-state index in [-0.39, 0.29) is 18.0 Å². The number of methoxy groups -OCH3 is 1. The average molecular weight is 285 g/mol. The Hall–Kier alpha value is -0.650. The standard InChI is InChI=1S/C15H27NO4/c1-18-14(17)15(16)8-4-5-12(15)7-10-19-11-13-6-2-3-9-20-13/h12-13H,2-11,16H2,1H3. The Kier molecular flexibility index (Phi) is 5.81. The summed E-state index contributed by atoms with van der Waals surface area (Å²) < 4.78 is 16.2. The lowest BCUT2D eigenvalue weighted by atomic mass is 9.86. The Balaban J connectivity index is 1.69. The van der Waals surface area contributed by atoms with Gasteiger partial charge in [0.2, 0.25) is 0 Å². The number of carbonyl (C=O) groups excluding carboxylic acids is 1. The number of esters is 1. The lowest BCUT2D eigenvalue weighted by Gasteiger charge is -2.28. The molecule has 2 aliphatic rings. The fraction of sp³-hybridized carbons (Fsp3) is 0.933. The third kappa shape index (κ3) is 3.71. The number of hydrogen-bond donors (Lipinski definition) is 1. The first-order valence-corrected chi connectivity index (χ1v) is 7.73. The third-order valence-electron chi connectivity index (χ3n) is 4.63. The Bertz CT molecular complexity index is 317. The van der Waals surface area contributed by atoms with Crippen molar-refractivity contribution in [3.63, 3.8) is 0 Å². The molecule has 2 rings (SSSR count). The molecular formula is C15H27NO4. The molecule has 0 radical (unpaired) electrons. The van der Waals surface area contributed by atoms with Gasteiger partial charge in [-0.2, -0.15) is 0 Å². The van der Waals surface area contributed by atoms with Crippen LogP contribution in [0.15, 0.2) is 0 Å². The van der Waals surface area contributed by atoms with Crippen LogP contribution in [0.2, 0.25) is 0 Å². The zero-order valence-electron chi connectivity index (χ0n) is 12.4. The first-order valence-electron chi connectivity index (χ1n) is 7.73. The van der Waals surface area contributed by atoms with Gasteiger partial charge >= 0.3 is 5.97 Å². The summed E-state index contributed by atoms with van der Waals surface area (Å²) in [6.45, 7) is 2.15. The maximum absolute atomic E-state index is 11.8. The van der Waals surface area contributed by atoms with Crippen LogP contribution >= 0.6 is 0 Å². The second kappa shape index (κ2) is 7.38. The molecule has 3 atom stereocenters. The van der Waals surface area contributed by atoms with Gasteiger partial charge in [0, 0.05) is 13.2 Å². The van der Waals surface area contributed by atoms with Gasteiger partial charge < -0.3 is 19.9 Å². The van der Waals surface area contributed by atoms with Gasteiger partial charge in [0.25, 0.3) is 0 Å². The number of carbonyl (C=O) groups is 1. The predicted molar refractivity (Wildman–Crippen MR) is 75.3 cm³/mol. The van der Waals surface area contributed by atoms with Gasteiger partial charge in [0.05, 0.1) is 19.8 Å². The van der Waals surface area contributed by atoms with E-state index in [4.69, 9.17) is 19.9 Å². The molecule has 1 heterocycles. The van der Waals surface area contributed by atoms with Crippen molar-refractivity contribution in [2.75, 3.05) is 26.9 Å². The monoisotopic (exact) mass is 285 g/mol. The number of rotatable bonds is 6. The maximum Gasteiger partial charge on any atom is 0.326 e. The summed E-state index contributed by atoms with van der Waals surface area (Å²) in [5.41, 5.74) is 5.42. The molecule has 1 aliphatic heterocycles. The van der Waals surface area contributed by atoms with Gasteiger partial charge in [-0.15, -0.1) is 0 Å². The van der Waals surface area contributed by atoms with E-state index in [1.807, 2.05) is 0 Å². The summed E-state index contributed by atoms with van der Waals surface area (Å²) in [6, 6.07) is 0. The van der Waals surface area contributed by atoms with Gasteiger partial charge in [0.15, 0.2) is 0 Å². The van der Waals surface area contributed by atoms with Crippen molar-refractivity contribution >= 4 is 5.97 Å². The molecule has 2 N–H and O–H groups in total. The minimum atomic E-state index is -0.806. The summed E-state index contributed by atoms with van der Waals surface area (Å²) in [5.74, 6) is -0.113. The van der Waals surface area contributed by atoms with Crippen molar-refractivity contribution < 1.29 is 19.0 Å². The fourth-order valence-electron chi connectivity index (χ4n) is 3.34. The number of nitrogens with two attached hydrogens (primary N) is 1. The quantitative estimate of drug-likeness (QED) is 0.593. The van der Waals surface area contributed by atoms with Gasteiger partial charge in [0.1, 0.15) is 5.54 Å². The van der Waals surface area contributed by atoms with Gasteiger partial charge in [-0.1, -0.05) is 6.42 Å². The minimum Gasteiger partial charge on any atom is -0.468 e. The Labute approximate surface area is 121 Å². The van der Waals surface area contributed by atoms with Gasteiger partial charge in [-0.05, 0) is 44.4 Å². The molecule has 1 saturated heterocycles. The Morgan fingerprint density at radius 1 is 1.35 bits per heavy atom. The molecule has 0 spiro atoms. The zero-order chi connectivity index (χ0) is 14.4. The second-order valence-corrected chi connectivity index (χ2v) is 5.97. The van der Waals surface area contributed by atoms with Gasteiger partial charge in [-0.25, -0.2) is 0 Å². The first kappa shape index (κ1) is 15.7. The highest BCUT2D eigenvalue weighted by Gasteiger charge is 2.46. The SMILES string of the molecule is COC(=O)C1(N)CCCC1CCOCC1CCCCO1. The lowest BCUT2D eigenvalue weighted by Crippen LogP contribution is -2.51. The van der Waals surface area contributed by atoms with Crippen molar-refractivity contribution in [1.29, 1.82) is 0 Å². The summed E-state index contributed by atoms with van der Waals surface area (Å²) >= 11 is 0. The van der Waals surface area contributed by atoms with E-state index in [1.165, 1.54) is 13.5 Å². The molecule has 0 aromatic rings. The van der Waals surface area contributed by atoms with E-state index in [0.29, 0.717) is 13.2 Å². The van der Waals surface area contributed by atoms with E-state index >= 15 is 0 Å². The van der Waals surface area contributed by atoms with E-state index in [9.17, 15) is 4.79 Å². The molecule has 3 unspecified atom stereocenters. The Morgan fingerprint density at radius 3 is 2.90 bits per heavy atom. The molecule has 0 amide bonds. The molecule has 116 valence electrons. The summed E-state index contributed by atoms with van der Waals surface area (Å²) in [6.07, 6.45) is 7.23. The maximum atomic E-state index is 11.8. The van der Waals surface area contributed by atoms with Crippen LogP contribution in [-0.4, -0.2) is 44.5 Å². The molecule has 0 bridgehead atoms. The second-order valence-electron chi connectivity index (χ2n) is 5.97. The molecule has 5 heteroatoms. The normalized spacial score (nSPS) is 34.1. The molecule has 1 saturated carbocycles. The van der Waals surface area contributed by atoms with Crippen LogP contribution in [0, 0.1) is 5.92 Å². The molecule has 0 aromatic heterocycles. The first-order chi connectivity index (χ1) is 9.66. The van der Waals surface area contributed by atoms with Crippen molar-refractivity contribution in [1.82, 2.24) is 0 Å². The Morgan fingerprint density at radius 2 is 2.20 bits per heavy atom. The van der Waals surface area contributed by atoms with Crippen molar-refractivity contribution in [3.05, 3.63) is 0 Å². The van der Waals surface area contributed by atoms with Gasteiger partial charge in [-0.3, -0.25) is 4.79 Å². The van der Waals surface area contributed by atoms with Crippen LogP contribution in [0.4, 0.5) is 0 Å². The molecule has 0 aromatic carbocycles. The summed E-state index contributed by atoms with van der Waals surface area (Å²) in [4.78, 5) is 11.8. The van der Waals surface area contributed by atoms with Crippen molar-refractivity contribution in [2.24, 2.45) is 11.7 Å². The van der Waals surface area contributed by atoms with E-state index in [1.54, 1.807) is 0 Å².